The highest BCUT2D eigenvalue weighted by Crippen LogP contribution is 2.27. The number of nitrogens with one attached hydrogen (secondary N) is 2. The molecule has 108 valence electrons. The Morgan fingerprint density at radius 1 is 1.43 bits per heavy atom. The van der Waals surface area contributed by atoms with E-state index in [0.29, 0.717) is 5.69 Å². The van der Waals surface area contributed by atoms with Crippen molar-refractivity contribution in [2.45, 2.75) is 13.2 Å². The van der Waals surface area contributed by atoms with Gasteiger partial charge in [0.25, 0.3) is 0 Å². The highest BCUT2D eigenvalue weighted by molar-refractivity contribution is 9.12. The quantitative estimate of drug-likeness (QED) is 0.377. The van der Waals surface area contributed by atoms with Crippen LogP contribution in [0.1, 0.15) is 5.56 Å². The summed E-state index contributed by atoms with van der Waals surface area (Å²) in [6.07, 6.45) is -1.13. The Labute approximate surface area is 127 Å². The van der Waals surface area contributed by atoms with Crippen LogP contribution in [0.25, 0.3) is 10.4 Å². The molecule has 2 amide bonds. The van der Waals surface area contributed by atoms with E-state index in [9.17, 15) is 9.59 Å². The Hall–Kier alpha value is -2.51. The van der Waals surface area contributed by atoms with Gasteiger partial charge in [-0.15, -0.1) is 0 Å². The Bertz CT molecular complexity index is 664. The molecule has 2 rings (SSSR count). The fraction of sp³-hybridized carbons (Fsp3) is 0.167. The molecular formula is C12H10BrN5O3. The summed E-state index contributed by atoms with van der Waals surface area (Å²) < 4.78 is 4.86. The van der Waals surface area contributed by atoms with Gasteiger partial charge in [0.2, 0.25) is 6.23 Å². The van der Waals surface area contributed by atoms with Crippen LogP contribution in [-0.2, 0) is 9.53 Å². The first-order valence-corrected chi connectivity index (χ1v) is 6.60. The second-order valence-corrected chi connectivity index (χ2v) is 4.93. The van der Waals surface area contributed by atoms with Crippen LogP contribution in [0.4, 0.5) is 10.5 Å². The monoisotopic (exact) mass is 351 g/mol. The van der Waals surface area contributed by atoms with Gasteiger partial charge < -0.3 is 10.1 Å². The molecule has 8 nitrogen and oxygen atoms in total. The normalized spacial score (nSPS) is 17.0. The number of benzene rings is 1. The lowest BCUT2D eigenvalue weighted by atomic mass is 10.2. The summed E-state index contributed by atoms with van der Waals surface area (Å²) in [5.41, 5.74) is 10.1. The first-order valence-electron chi connectivity index (χ1n) is 5.81. The molecule has 21 heavy (non-hydrogen) atoms. The number of urea groups is 1. The average Bonchev–Trinajstić information content (AvgIpc) is 2.69. The Morgan fingerprint density at radius 3 is 2.71 bits per heavy atom. The van der Waals surface area contributed by atoms with Crippen molar-refractivity contribution in [3.63, 3.8) is 0 Å². The van der Waals surface area contributed by atoms with E-state index >= 15 is 0 Å². The molecule has 1 atom stereocenters. The number of carbonyl (C=O) groups is 2. The molecule has 9 heteroatoms. The van der Waals surface area contributed by atoms with Gasteiger partial charge in [0.1, 0.15) is 4.48 Å². The number of esters is 1. The van der Waals surface area contributed by atoms with Crippen molar-refractivity contribution in [1.29, 1.82) is 0 Å². The summed E-state index contributed by atoms with van der Waals surface area (Å²) >= 11 is 2.94. The summed E-state index contributed by atoms with van der Waals surface area (Å²) in [4.78, 5) is 25.8. The molecule has 0 fully saturated rings. The summed E-state index contributed by atoms with van der Waals surface area (Å²) in [6.45, 7) is 1.93. The van der Waals surface area contributed by atoms with Crippen molar-refractivity contribution in [3.8, 4) is 0 Å². The van der Waals surface area contributed by atoms with Crippen LogP contribution in [0.3, 0.4) is 0 Å². The lowest BCUT2D eigenvalue weighted by Crippen LogP contribution is -2.39. The van der Waals surface area contributed by atoms with Gasteiger partial charge in [-0.05, 0) is 40.5 Å². The standard InChI is InChI=1S/C12H10BrN5O3/c1-6-2-4-7(5-3-6)15-12(20)16-10-9(17-18-14)8(13)11(19)21-10/h2-5,10H,1H3,(H2,15,16,20). The third-order valence-corrected chi connectivity index (χ3v) is 3.33. The molecule has 0 aromatic heterocycles. The minimum absolute atomic E-state index is 0.0130. The number of nitrogens with zero attached hydrogens (tertiary/aromatic N) is 3. The fourth-order valence-corrected chi connectivity index (χ4v) is 1.98. The van der Waals surface area contributed by atoms with Crippen molar-refractivity contribution in [2.75, 3.05) is 5.32 Å². The highest BCUT2D eigenvalue weighted by Gasteiger charge is 2.33. The first-order chi connectivity index (χ1) is 10.0. The average molecular weight is 352 g/mol. The number of halogens is 1. The Kier molecular flexibility index (Phi) is 4.46. The van der Waals surface area contributed by atoms with Crippen LogP contribution in [-0.4, -0.2) is 18.2 Å². The van der Waals surface area contributed by atoms with Gasteiger partial charge in [-0.25, -0.2) is 9.59 Å². The minimum atomic E-state index is -1.13. The maximum absolute atomic E-state index is 11.8. The lowest BCUT2D eigenvalue weighted by Gasteiger charge is -2.14. The topological polar surface area (TPSA) is 116 Å². The van der Waals surface area contributed by atoms with Crippen molar-refractivity contribution in [3.05, 3.63) is 50.5 Å². The predicted octanol–water partition coefficient (Wildman–Crippen LogP) is 2.92. The van der Waals surface area contributed by atoms with E-state index in [1.54, 1.807) is 12.1 Å². The molecule has 1 aliphatic heterocycles. The number of amides is 2. The van der Waals surface area contributed by atoms with Crippen LogP contribution >= 0.6 is 15.9 Å². The van der Waals surface area contributed by atoms with Gasteiger partial charge >= 0.3 is 12.0 Å². The molecule has 0 bridgehead atoms. The fourth-order valence-electron chi connectivity index (χ4n) is 1.60. The van der Waals surface area contributed by atoms with Crippen LogP contribution in [0.15, 0.2) is 39.6 Å². The van der Waals surface area contributed by atoms with Crippen molar-refractivity contribution in [2.24, 2.45) is 5.11 Å². The summed E-state index contributed by atoms with van der Waals surface area (Å²) in [6, 6.07) is 6.55. The number of rotatable bonds is 3. The molecule has 0 radical (unpaired) electrons. The molecule has 1 unspecified atom stereocenters. The minimum Gasteiger partial charge on any atom is -0.433 e. The summed E-state index contributed by atoms with van der Waals surface area (Å²) in [5, 5.41) is 8.30. The zero-order valence-corrected chi connectivity index (χ0v) is 12.4. The van der Waals surface area contributed by atoms with Gasteiger partial charge in [-0.2, -0.15) is 0 Å². The second kappa shape index (κ2) is 6.29. The number of anilines is 1. The molecule has 1 heterocycles. The van der Waals surface area contributed by atoms with Gasteiger partial charge in [-0.3, -0.25) is 5.32 Å². The Morgan fingerprint density at radius 2 is 2.10 bits per heavy atom. The predicted molar refractivity (Wildman–Crippen MR) is 78.3 cm³/mol. The lowest BCUT2D eigenvalue weighted by molar-refractivity contribution is -0.139. The zero-order valence-electron chi connectivity index (χ0n) is 10.8. The number of hydrogen-bond donors (Lipinski definition) is 2. The van der Waals surface area contributed by atoms with Crippen molar-refractivity contribution >= 4 is 33.6 Å². The van der Waals surface area contributed by atoms with Crippen molar-refractivity contribution in [1.82, 2.24) is 5.32 Å². The van der Waals surface area contributed by atoms with E-state index in [1.807, 2.05) is 19.1 Å². The number of aryl methyl sites for hydroxylation is 1. The maximum atomic E-state index is 11.8. The summed E-state index contributed by atoms with van der Waals surface area (Å²) in [7, 11) is 0. The number of cyclic esters (lactones) is 1. The molecular weight excluding hydrogens is 342 g/mol. The van der Waals surface area contributed by atoms with Gasteiger partial charge in [0.05, 0.1) is 5.70 Å². The number of hydrogen-bond acceptors (Lipinski definition) is 4. The molecule has 0 saturated heterocycles. The highest BCUT2D eigenvalue weighted by atomic mass is 79.9. The number of ether oxygens (including phenoxy) is 1. The van der Waals surface area contributed by atoms with Crippen LogP contribution in [0, 0.1) is 6.92 Å². The maximum Gasteiger partial charge on any atom is 0.347 e. The van der Waals surface area contributed by atoms with E-state index in [4.69, 9.17) is 10.3 Å². The van der Waals surface area contributed by atoms with Crippen LogP contribution in [0.5, 0.6) is 0 Å². The molecule has 0 saturated carbocycles. The third kappa shape index (κ3) is 3.53. The molecule has 2 N–H and O–H groups in total. The molecule has 1 aromatic rings. The molecule has 1 aromatic carbocycles. The smallest absolute Gasteiger partial charge is 0.347 e. The number of azide groups is 1. The largest absolute Gasteiger partial charge is 0.433 e. The third-order valence-electron chi connectivity index (χ3n) is 2.60. The zero-order chi connectivity index (χ0) is 15.4. The first kappa shape index (κ1) is 14.9. The molecule has 0 aliphatic carbocycles. The summed E-state index contributed by atoms with van der Waals surface area (Å²) in [5.74, 6) is -0.710. The molecule has 1 aliphatic rings. The van der Waals surface area contributed by atoms with Crippen molar-refractivity contribution < 1.29 is 14.3 Å². The van der Waals surface area contributed by atoms with E-state index in [1.165, 1.54) is 0 Å². The van der Waals surface area contributed by atoms with E-state index in [-0.39, 0.29) is 10.2 Å². The van der Waals surface area contributed by atoms with Gasteiger partial charge in [-0.1, -0.05) is 22.8 Å². The molecule has 0 spiro atoms. The Balaban J connectivity index is 2.04. The van der Waals surface area contributed by atoms with Crippen LogP contribution in [0.2, 0.25) is 0 Å². The van der Waals surface area contributed by atoms with E-state index in [0.717, 1.165) is 5.56 Å². The van der Waals surface area contributed by atoms with Crippen LogP contribution < -0.4 is 10.6 Å². The second-order valence-electron chi connectivity index (χ2n) is 4.14. The van der Waals surface area contributed by atoms with Gasteiger partial charge in [0, 0.05) is 10.6 Å². The van der Waals surface area contributed by atoms with Gasteiger partial charge in [0.15, 0.2) is 0 Å². The van der Waals surface area contributed by atoms with E-state index in [2.05, 4.69) is 36.6 Å². The van der Waals surface area contributed by atoms with E-state index < -0.39 is 18.2 Å². The SMILES string of the molecule is Cc1ccc(NC(=O)NC2OC(=O)C(Br)=C2N=[N+]=[N-])cc1. The number of carbonyl (C=O) groups excluding carboxylic acids is 2.